The minimum atomic E-state index is -0.309. The van der Waals surface area contributed by atoms with Crippen LogP contribution < -0.4 is 10.6 Å². The fraction of sp³-hybridized carbons (Fsp3) is 0.474. The Labute approximate surface area is 157 Å². The van der Waals surface area contributed by atoms with Gasteiger partial charge in [0.1, 0.15) is 11.4 Å². The zero-order valence-electron chi connectivity index (χ0n) is 15.2. The maximum absolute atomic E-state index is 12.7. The van der Waals surface area contributed by atoms with E-state index in [-0.39, 0.29) is 22.9 Å². The lowest BCUT2D eigenvalue weighted by Crippen LogP contribution is -2.55. The van der Waals surface area contributed by atoms with Gasteiger partial charge >= 0.3 is 0 Å². The van der Waals surface area contributed by atoms with Crippen molar-refractivity contribution in [3.63, 3.8) is 0 Å². The number of nitrogens with one attached hydrogen (secondary N) is 2. The number of carbonyl (C=O) groups excluding carboxylic acids is 2. The van der Waals surface area contributed by atoms with E-state index in [0.29, 0.717) is 17.1 Å². The molecule has 2 bridgehead atoms. The topological polar surface area (TPSA) is 110 Å². The monoisotopic (exact) mass is 366 g/mol. The average Bonchev–Trinajstić information content (AvgIpc) is 2.92. The summed E-state index contributed by atoms with van der Waals surface area (Å²) in [6.45, 7) is 1.81. The van der Waals surface area contributed by atoms with Crippen LogP contribution in [0.2, 0.25) is 0 Å². The molecule has 2 aliphatic rings. The van der Waals surface area contributed by atoms with Crippen molar-refractivity contribution in [2.24, 2.45) is 0 Å². The van der Waals surface area contributed by atoms with Crippen LogP contribution in [-0.2, 0) is 0 Å². The first-order valence-electron chi connectivity index (χ1n) is 9.19. The molecule has 0 radical (unpaired) electrons. The van der Waals surface area contributed by atoms with Gasteiger partial charge in [0, 0.05) is 29.7 Å². The van der Waals surface area contributed by atoms with Gasteiger partial charge in [0.2, 0.25) is 0 Å². The maximum atomic E-state index is 12.7. The van der Waals surface area contributed by atoms with Gasteiger partial charge in [0.15, 0.2) is 0 Å². The fourth-order valence-corrected chi connectivity index (χ4v) is 4.43. The molecule has 2 saturated carbocycles. The Kier molecular flexibility index (Phi) is 4.33. The second kappa shape index (κ2) is 6.68. The van der Waals surface area contributed by atoms with Crippen molar-refractivity contribution >= 4 is 11.8 Å². The second-order valence-corrected chi connectivity index (χ2v) is 7.64. The number of nitrogens with zero attached hydrogens (tertiary/aromatic N) is 4. The quantitative estimate of drug-likeness (QED) is 0.850. The summed E-state index contributed by atoms with van der Waals surface area (Å²) in [7, 11) is 0. The van der Waals surface area contributed by atoms with Gasteiger partial charge in [-0.05, 0) is 45.4 Å². The normalized spacial score (nSPS) is 26.4. The first-order valence-corrected chi connectivity index (χ1v) is 9.19. The van der Waals surface area contributed by atoms with Crippen molar-refractivity contribution in [2.45, 2.75) is 56.5 Å². The number of rotatable bonds is 4. The van der Waals surface area contributed by atoms with Gasteiger partial charge in [-0.3, -0.25) is 19.6 Å². The number of aromatic nitrogens is 4. The molecular formula is C19H22N6O2. The Morgan fingerprint density at radius 1 is 0.889 bits per heavy atom. The van der Waals surface area contributed by atoms with Crippen LogP contribution in [0.15, 0.2) is 31.0 Å². The van der Waals surface area contributed by atoms with E-state index in [9.17, 15) is 9.59 Å². The van der Waals surface area contributed by atoms with E-state index in [0.717, 1.165) is 38.5 Å². The summed E-state index contributed by atoms with van der Waals surface area (Å²) in [4.78, 5) is 41.6. The summed E-state index contributed by atoms with van der Waals surface area (Å²) < 4.78 is 0. The van der Waals surface area contributed by atoms with Gasteiger partial charge < -0.3 is 10.6 Å². The molecule has 2 atom stereocenters. The van der Waals surface area contributed by atoms with Crippen LogP contribution in [0.3, 0.4) is 0 Å². The van der Waals surface area contributed by atoms with Crippen molar-refractivity contribution in [1.82, 2.24) is 30.6 Å². The van der Waals surface area contributed by atoms with Crippen LogP contribution in [0, 0.1) is 6.92 Å². The van der Waals surface area contributed by atoms with Crippen LogP contribution in [0.25, 0.3) is 0 Å². The van der Waals surface area contributed by atoms with Crippen LogP contribution in [0.4, 0.5) is 0 Å². The molecule has 0 aliphatic heterocycles. The minimum absolute atomic E-state index is 0.204. The highest BCUT2D eigenvalue weighted by atomic mass is 16.2. The van der Waals surface area contributed by atoms with Gasteiger partial charge in [-0.15, -0.1) is 0 Å². The highest BCUT2D eigenvalue weighted by molar-refractivity contribution is 5.93. The summed E-state index contributed by atoms with van der Waals surface area (Å²) in [6.07, 6.45) is 12.8. The molecule has 0 spiro atoms. The summed E-state index contributed by atoms with van der Waals surface area (Å²) in [5.74, 6) is -0.416. The van der Waals surface area contributed by atoms with Crippen molar-refractivity contribution in [3.8, 4) is 0 Å². The molecule has 8 heteroatoms. The third-order valence-electron chi connectivity index (χ3n) is 5.61. The first kappa shape index (κ1) is 17.5. The Morgan fingerprint density at radius 2 is 1.56 bits per heavy atom. The van der Waals surface area contributed by atoms with E-state index < -0.39 is 0 Å². The molecule has 4 rings (SSSR count). The van der Waals surface area contributed by atoms with Gasteiger partial charge in [-0.25, -0.2) is 9.97 Å². The zero-order valence-corrected chi connectivity index (χ0v) is 15.2. The van der Waals surface area contributed by atoms with Crippen LogP contribution in [0.5, 0.6) is 0 Å². The molecule has 140 valence electrons. The Balaban J connectivity index is 1.48. The van der Waals surface area contributed by atoms with Gasteiger partial charge in [-0.1, -0.05) is 0 Å². The van der Waals surface area contributed by atoms with E-state index in [4.69, 9.17) is 0 Å². The van der Waals surface area contributed by atoms with E-state index >= 15 is 0 Å². The van der Waals surface area contributed by atoms with Crippen LogP contribution >= 0.6 is 0 Å². The molecule has 0 saturated heterocycles. The molecule has 2 aromatic heterocycles. The molecular weight excluding hydrogens is 344 g/mol. The summed E-state index contributed by atoms with van der Waals surface area (Å²) in [6, 6.07) is 0. The molecule has 2 aromatic rings. The van der Waals surface area contributed by atoms with E-state index in [2.05, 4.69) is 30.6 Å². The van der Waals surface area contributed by atoms with Gasteiger partial charge in [0.25, 0.3) is 11.8 Å². The maximum Gasteiger partial charge on any atom is 0.271 e. The van der Waals surface area contributed by atoms with E-state index in [1.54, 1.807) is 12.4 Å². The number of hydrogen-bond acceptors (Lipinski definition) is 6. The molecule has 0 aromatic carbocycles. The van der Waals surface area contributed by atoms with E-state index in [1.807, 2.05) is 6.92 Å². The summed E-state index contributed by atoms with van der Waals surface area (Å²) in [5.41, 5.74) is 0.736. The van der Waals surface area contributed by atoms with Gasteiger partial charge in [-0.2, -0.15) is 0 Å². The van der Waals surface area contributed by atoms with Crippen molar-refractivity contribution in [3.05, 3.63) is 48.1 Å². The third kappa shape index (κ3) is 3.51. The summed E-state index contributed by atoms with van der Waals surface area (Å²) in [5, 5.41) is 6.35. The largest absolute Gasteiger partial charge is 0.345 e. The molecule has 27 heavy (non-hydrogen) atoms. The Hall–Kier alpha value is -2.90. The van der Waals surface area contributed by atoms with Crippen molar-refractivity contribution < 1.29 is 9.59 Å². The first-order chi connectivity index (χ1) is 13.0. The predicted molar refractivity (Wildman–Crippen MR) is 96.9 cm³/mol. The molecule has 2 aliphatic carbocycles. The average molecular weight is 366 g/mol. The molecule has 2 unspecified atom stereocenters. The molecule has 2 heterocycles. The number of carbonyl (C=O) groups is 2. The van der Waals surface area contributed by atoms with E-state index in [1.165, 1.54) is 18.6 Å². The smallest absolute Gasteiger partial charge is 0.271 e. The number of aryl methyl sites for hydroxylation is 1. The molecule has 2 amide bonds. The molecule has 8 nitrogen and oxygen atoms in total. The number of fused-ring (bicyclic) bond motifs is 2. The second-order valence-electron chi connectivity index (χ2n) is 7.64. The molecule has 2 N–H and O–H groups in total. The highest BCUT2D eigenvalue weighted by Crippen LogP contribution is 2.48. The molecule has 2 fully saturated rings. The predicted octanol–water partition coefficient (Wildman–Crippen LogP) is 1.58. The fourth-order valence-electron chi connectivity index (χ4n) is 4.43. The lowest BCUT2D eigenvalue weighted by Gasteiger charge is -2.40. The zero-order chi connectivity index (χ0) is 18.9. The van der Waals surface area contributed by atoms with Gasteiger partial charge in [0.05, 0.1) is 18.1 Å². The highest BCUT2D eigenvalue weighted by Gasteiger charge is 2.52. The number of amides is 2. The van der Waals surface area contributed by atoms with Crippen LogP contribution in [0.1, 0.15) is 65.2 Å². The summed E-state index contributed by atoms with van der Waals surface area (Å²) >= 11 is 0. The Morgan fingerprint density at radius 3 is 2.19 bits per heavy atom. The number of hydrogen-bond donors (Lipinski definition) is 2. The van der Waals surface area contributed by atoms with Crippen molar-refractivity contribution in [2.75, 3.05) is 0 Å². The SMILES string of the molecule is Cc1cncc(C(=O)NC23CCCC(NC(=O)c4cnccn4)(CC2)C3)n1. The standard InChI is InChI=1S/C19H22N6O2/c1-13-9-21-11-15(23-13)17(27)25-19-4-2-3-18(12-19,5-6-19)24-16(26)14-10-20-7-8-22-14/h7-11H,2-6,12H2,1H3,(H,24,26)(H,25,27). The third-order valence-corrected chi connectivity index (χ3v) is 5.61. The van der Waals surface area contributed by atoms with Crippen LogP contribution in [-0.4, -0.2) is 42.8 Å². The van der Waals surface area contributed by atoms with Crippen molar-refractivity contribution in [1.29, 1.82) is 0 Å². The minimum Gasteiger partial charge on any atom is -0.345 e. The lowest BCUT2D eigenvalue weighted by atomic mass is 9.78. The Bertz CT molecular complexity index is 874. The lowest BCUT2D eigenvalue weighted by molar-refractivity contribution is 0.0826.